The Morgan fingerprint density at radius 1 is 1.73 bits per heavy atom. The van der Waals surface area contributed by atoms with Gasteiger partial charge in [0.15, 0.2) is 0 Å². The zero-order valence-electron chi connectivity index (χ0n) is 7.52. The van der Waals surface area contributed by atoms with Gasteiger partial charge in [-0.15, -0.1) is 0 Å². The fourth-order valence-electron chi connectivity index (χ4n) is 1.07. The van der Waals surface area contributed by atoms with Gasteiger partial charge in [0.25, 0.3) is 0 Å². The number of hydrogen-bond donors (Lipinski definition) is 1. The van der Waals surface area contributed by atoms with Crippen LogP contribution in [0.25, 0.3) is 0 Å². The highest BCUT2D eigenvalue weighted by atomic mass is 14.9. The molecule has 0 aliphatic rings. The molecule has 0 radical (unpaired) electrons. The van der Waals surface area contributed by atoms with Gasteiger partial charge in [0, 0.05) is 7.12 Å². The first-order chi connectivity index (χ1) is 5.24. The van der Waals surface area contributed by atoms with Gasteiger partial charge in [-0.2, -0.15) is 0 Å². The highest BCUT2D eigenvalue weighted by molar-refractivity contribution is 5.08. The lowest BCUT2D eigenvalue weighted by molar-refractivity contribution is 0.552. The fourth-order valence-corrected chi connectivity index (χ4v) is 1.07. The zero-order chi connectivity index (χ0) is 8.27. The van der Waals surface area contributed by atoms with Crippen LogP contribution < -0.4 is 0 Å². The fraction of sp³-hybridized carbons (Fsp3) is 0.667. The van der Waals surface area contributed by atoms with Crippen LogP contribution >= 0.6 is 0 Å². The van der Waals surface area contributed by atoms with E-state index in [1.807, 2.05) is 0 Å². The van der Waals surface area contributed by atoms with Crippen LogP contribution in [0.2, 0.25) is 0 Å². The lowest BCUT2D eigenvalue weighted by Crippen LogP contribution is -1.99. The molecule has 0 fully saturated rings. The number of aromatic nitrogens is 2. The van der Waals surface area contributed by atoms with E-state index in [0.29, 0.717) is 0 Å². The normalized spacial score (nSPS) is 13.4. The van der Waals surface area contributed by atoms with E-state index in [1.54, 1.807) is 6.33 Å². The largest absolute Gasteiger partial charge is 0.348 e. The molecule has 1 aromatic heterocycles. The molecule has 0 amide bonds. The van der Waals surface area contributed by atoms with Crippen LogP contribution in [0.5, 0.6) is 0 Å². The van der Waals surface area contributed by atoms with E-state index in [9.17, 15) is 0 Å². The van der Waals surface area contributed by atoms with Gasteiger partial charge in [-0.05, 0) is 19.3 Å². The molecule has 1 unspecified atom stereocenters. The summed E-state index contributed by atoms with van der Waals surface area (Å²) < 4.78 is 0. The first-order valence-electron chi connectivity index (χ1n) is 4.22. The monoisotopic (exact) mass is 154 g/mol. The second kappa shape index (κ2) is 3.56. The number of rotatable bonds is 3. The van der Waals surface area contributed by atoms with E-state index in [0.717, 1.165) is 12.3 Å². The van der Waals surface area contributed by atoms with E-state index < -0.39 is 0 Å². The van der Waals surface area contributed by atoms with E-state index in [2.05, 4.69) is 30.7 Å². The Balaban J connectivity index is 0.00000121. The summed E-state index contributed by atoms with van der Waals surface area (Å²) in [5.74, 6) is 0.747. The van der Waals surface area contributed by atoms with Crippen LogP contribution in [0.1, 0.15) is 33.1 Å². The Hall–Kier alpha value is -0.790. The number of nitrogens with one attached hydrogen (secondary N) is 1. The van der Waals surface area contributed by atoms with Gasteiger partial charge in [-0.1, -0.05) is 20.3 Å². The predicted octanol–water partition coefficient (Wildman–Crippen LogP) is 2.55. The van der Waals surface area contributed by atoms with Crippen molar-refractivity contribution in [3.63, 3.8) is 0 Å². The molecule has 1 aromatic rings. The van der Waals surface area contributed by atoms with Crippen LogP contribution in [0, 0.1) is 12.8 Å². The highest BCUT2D eigenvalue weighted by Gasteiger charge is 2.04. The smallest absolute Gasteiger partial charge is 0.0925 e. The SMILES string of the molecule is CCC(C)Cc1nc[nH]c1C.[HH]. The van der Waals surface area contributed by atoms with E-state index in [-0.39, 0.29) is 1.43 Å². The van der Waals surface area contributed by atoms with E-state index in [1.165, 1.54) is 17.8 Å². The number of aromatic amines is 1. The van der Waals surface area contributed by atoms with Crippen LogP contribution in [0.3, 0.4) is 0 Å². The first-order valence-corrected chi connectivity index (χ1v) is 4.22. The van der Waals surface area contributed by atoms with Crippen LogP contribution in [-0.2, 0) is 6.42 Å². The third-order valence-electron chi connectivity index (χ3n) is 2.17. The molecule has 0 aliphatic carbocycles. The summed E-state index contributed by atoms with van der Waals surface area (Å²) in [6, 6.07) is 0. The van der Waals surface area contributed by atoms with Crippen molar-refractivity contribution in [3.05, 3.63) is 17.7 Å². The number of H-pyrrole nitrogens is 1. The zero-order valence-corrected chi connectivity index (χ0v) is 7.52. The van der Waals surface area contributed by atoms with Gasteiger partial charge in [-0.3, -0.25) is 0 Å². The molecule has 0 saturated heterocycles. The van der Waals surface area contributed by atoms with Crippen molar-refractivity contribution in [2.45, 2.75) is 33.6 Å². The van der Waals surface area contributed by atoms with Crippen molar-refractivity contribution in [1.29, 1.82) is 0 Å². The highest BCUT2D eigenvalue weighted by Crippen LogP contribution is 2.11. The Kier molecular flexibility index (Phi) is 2.69. The Morgan fingerprint density at radius 2 is 2.45 bits per heavy atom. The molecule has 2 nitrogen and oxygen atoms in total. The lowest BCUT2D eigenvalue weighted by Gasteiger charge is -2.05. The molecule has 0 saturated carbocycles. The minimum Gasteiger partial charge on any atom is -0.348 e. The van der Waals surface area contributed by atoms with Crippen LogP contribution in [0.4, 0.5) is 0 Å². The number of hydrogen-bond acceptors (Lipinski definition) is 1. The molecule has 0 aliphatic heterocycles. The van der Waals surface area contributed by atoms with Crippen molar-refractivity contribution in [2.24, 2.45) is 5.92 Å². The second-order valence-corrected chi connectivity index (χ2v) is 3.19. The standard InChI is InChI=1S/C9H16N2.H2/c1-4-7(2)5-9-8(3)10-6-11-9;/h6-7H,4-5H2,1-3H3,(H,10,11);1H. The first kappa shape index (κ1) is 8.31. The average molecular weight is 154 g/mol. The summed E-state index contributed by atoms with van der Waals surface area (Å²) in [5.41, 5.74) is 2.43. The van der Waals surface area contributed by atoms with Crippen molar-refractivity contribution in [3.8, 4) is 0 Å². The summed E-state index contributed by atoms with van der Waals surface area (Å²) in [7, 11) is 0. The molecule has 11 heavy (non-hydrogen) atoms. The summed E-state index contributed by atoms with van der Waals surface area (Å²) in [6.45, 7) is 6.55. The van der Waals surface area contributed by atoms with Crippen molar-refractivity contribution in [2.75, 3.05) is 0 Å². The minimum absolute atomic E-state index is 0. The van der Waals surface area contributed by atoms with Crippen molar-refractivity contribution in [1.82, 2.24) is 9.97 Å². The van der Waals surface area contributed by atoms with Crippen molar-refractivity contribution < 1.29 is 1.43 Å². The van der Waals surface area contributed by atoms with Crippen LogP contribution in [0.15, 0.2) is 6.33 Å². The minimum atomic E-state index is 0. The van der Waals surface area contributed by atoms with Gasteiger partial charge < -0.3 is 4.98 Å². The maximum absolute atomic E-state index is 4.25. The molecule has 1 heterocycles. The molecule has 1 atom stereocenters. The summed E-state index contributed by atoms with van der Waals surface area (Å²) in [6.07, 6.45) is 4.10. The maximum atomic E-state index is 4.25. The Bertz CT molecular complexity index is 220. The van der Waals surface area contributed by atoms with E-state index in [4.69, 9.17) is 0 Å². The molecular formula is C9H18N2. The molecule has 0 spiro atoms. The summed E-state index contributed by atoms with van der Waals surface area (Å²) in [4.78, 5) is 7.34. The van der Waals surface area contributed by atoms with Crippen molar-refractivity contribution >= 4 is 0 Å². The van der Waals surface area contributed by atoms with Crippen LogP contribution in [-0.4, -0.2) is 9.97 Å². The van der Waals surface area contributed by atoms with Gasteiger partial charge in [0.2, 0.25) is 0 Å². The predicted molar refractivity (Wildman–Crippen MR) is 48.6 cm³/mol. The molecule has 1 N–H and O–H groups in total. The molecule has 1 rings (SSSR count). The number of nitrogens with zero attached hydrogens (tertiary/aromatic N) is 1. The van der Waals surface area contributed by atoms with Gasteiger partial charge in [0.05, 0.1) is 12.0 Å². The Morgan fingerprint density at radius 3 is 2.91 bits per heavy atom. The third-order valence-corrected chi connectivity index (χ3v) is 2.17. The van der Waals surface area contributed by atoms with E-state index >= 15 is 0 Å². The third kappa shape index (κ3) is 2.07. The second-order valence-electron chi connectivity index (χ2n) is 3.19. The molecule has 0 aromatic carbocycles. The molecule has 0 bridgehead atoms. The molecular weight excluding hydrogens is 136 g/mol. The molecule has 2 heteroatoms. The summed E-state index contributed by atoms with van der Waals surface area (Å²) >= 11 is 0. The van der Waals surface area contributed by atoms with Gasteiger partial charge in [0.1, 0.15) is 0 Å². The molecule has 64 valence electrons. The Labute approximate surface area is 69.5 Å². The topological polar surface area (TPSA) is 28.7 Å². The van der Waals surface area contributed by atoms with Gasteiger partial charge in [-0.25, -0.2) is 4.98 Å². The lowest BCUT2D eigenvalue weighted by atomic mass is 10.0. The van der Waals surface area contributed by atoms with Gasteiger partial charge >= 0.3 is 0 Å². The average Bonchev–Trinajstić information content (AvgIpc) is 2.37. The quantitative estimate of drug-likeness (QED) is 0.712. The summed E-state index contributed by atoms with van der Waals surface area (Å²) in [5, 5.41) is 0. The number of aryl methyl sites for hydroxylation is 1. The number of imidazole rings is 1. The maximum Gasteiger partial charge on any atom is 0.0925 e.